The van der Waals surface area contributed by atoms with Gasteiger partial charge in [-0.25, -0.2) is 0 Å². The number of rotatable bonds is 6. The van der Waals surface area contributed by atoms with Crippen molar-refractivity contribution in [3.8, 4) is 0 Å². The molecule has 5 heteroatoms. The molecule has 2 fully saturated rings. The highest BCUT2D eigenvalue weighted by atomic mass is 16.5. The number of amides is 1. The third kappa shape index (κ3) is 2.84. The molecule has 1 saturated heterocycles. The molecular weight excluding hydrogens is 232 g/mol. The highest BCUT2D eigenvalue weighted by Gasteiger charge is 2.41. The second kappa shape index (κ2) is 5.99. The first-order valence-electron chi connectivity index (χ1n) is 6.95. The number of hydrogen-bond donors (Lipinski definition) is 3. The molecule has 0 radical (unpaired) electrons. The largest absolute Gasteiger partial charge is 0.394 e. The van der Waals surface area contributed by atoms with Crippen LogP contribution in [0.25, 0.3) is 0 Å². The lowest BCUT2D eigenvalue weighted by molar-refractivity contribution is -0.129. The summed E-state index contributed by atoms with van der Waals surface area (Å²) in [5.74, 6) is -0.101. The van der Waals surface area contributed by atoms with Crippen LogP contribution in [-0.4, -0.2) is 49.0 Å². The molecule has 104 valence electrons. The van der Waals surface area contributed by atoms with Gasteiger partial charge in [0.2, 0.25) is 5.91 Å². The Kier molecular flexibility index (Phi) is 4.59. The quantitative estimate of drug-likeness (QED) is 0.627. The van der Waals surface area contributed by atoms with Crippen LogP contribution in [-0.2, 0) is 9.53 Å². The zero-order valence-electron chi connectivity index (χ0n) is 11.1. The van der Waals surface area contributed by atoms with Crippen molar-refractivity contribution in [1.82, 2.24) is 10.6 Å². The smallest absolute Gasteiger partial charge is 0.227 e. The molecular formula is C13H24N2O3. The number of nitrogens with one attached hydrogen (secondary N) is 2. The van der Waals surface area contributed by atoms with E-state index in [9.17, 15) is 9.90 Å². The number of carbonyl (C=O) groups is 1. The van der Waals surface area contributed by atoms with E-state index in [1.807, 2.05) is 0 Å². The molecule has 1 aliphatic heterocycles. The maximum absolute atomic E-state index is 12.2. The van der Waals surface area contributed by atoms with Crippen LogP contribution in [0.1, 0.15) is 32.6 Å². The van der Waals surface area contributed by atoms with Crippen molar-refractivity contribution in [2.45, 2.75) is 44.2 Å². The van der Waals surface area contributed by atoms with Crippen LogP contribution in [0.2, 0.25) is 0 Å². The molecule has 5 nitrogen and oxygen atoms in total. The van der Waals surface area contributed by atoms with Gasteiger partial charge in [-0.15, -0.1) is 0 Å². The highest BCUT2D eigenvalue weighted by Crippen LogP contribution is 2.31. The molecule has 0 spiro atoms. The zero-order valence-corrected chi connectivity index (χ0v) is 11.1. The SMILES string of the molecule is CCCNC1COCC1C(=O)NC1(CO)CCC1. The van der Waals surface area contributed by atoms with E-state index in [2.05, 4.69) is 17.6 Å². The minimum atomic E-state index is -0.352. The molecule has 2 unspecified atom stereocenters. The third-order valence-electron chi connectivity index (χ3n) is 4.08. The van der Waals surface area contributed by atoms with Gasteiger partial charge in [0.25, 0.3) is 0 Å². The van der Waals surface area contributed by atoms with Crippen LogP contribution in [0, 0.1) is 5.92 Å². The van der Waals surface area contributed by atoms with E-state index in [-0.39, 0.29) is 30.0 Å². The van der Waals surface area contributed by atoms with Crippen molar-refractivity contribution in [2.24, 2.45) is 5.92 Å². The summed E-state index contributed by atoms with van der Waals surface area (Å²) in [6, 6.07) is 0.112. The van der Waals surface area contributed by atoms with E-state index in [1.54, 1.807) is 0 Å². The molecule has 2 rings (SSSR count). The summed E-state index contributed by atoms with van der Waals surface area (Å²) >= 11 is 0. The lowest BCUT2D eigenvalue weighted by Gasteiger charge is -2.41. The first-order valence-corrected chi connectivity index (χ1v) is 6.95. The molecule has 18 heavy (non-hydrogen) atoms. The minimum Gasteiger partial charge on any atom is -0.394 e. The fourth-order valence-electron chi connectivity index (χ4n) is 2.62. The molecule has 0 aromatic heterocycles. The van der Waals surface area contributed by atoms with Crippen LogP contribution in [0.3, 0.4) is 0 Å². The molecule has 3 N–H and O–H groups in total. The van der Waals surface area contributed by atoms with Crippen molar-refractivity contribution in [2.75, 3.05) is 26.4 Å². The Morgan fingerprint density at radius 3 is 2.78 bits per heavy atom. The fraction of sp³-hybridized carbons (Fsp3) is 0.923. The van der Waals surface area contributed by atoms with Gasteiger partial charge in [-0.3, -0.25) is 4.79 Å². The van der Waals surface area contributed by atoms with E-state index in [4.69, 9.17) is 4.74 Å². The molecule has 1 amide bonds. The second-order valence-corrected chi connectivity index (χ2v) is 5.49. The van der Waals surface area contributed by atoms with Crippen molar-refractivity contribution < 1.29 is 14.6 Å². The lowest BCUT2D eigenvalue weighted by Crippen LogP contribution is -2.59. The van der Waals surface area contributed by atoms with Gasteiger partial charge in [-0.1, -0.05) is 6.92 Å². The van der Waals surface area contributed by atoms with Gasteiger partial charge in [-0.05, 0) is 32.2 Å². The molecule has 1 aliphatic carbocycles. The standard InChI is InChI=1S/C13H24N2O3/c1-2-6-14-11-8-18-7-10(11)12(17)15-13(9-16)4-3-5-13/h10-11,14,16H,2-9H2,1H3,(H,15,17). The van der Waals surface area contributed by atoms with E-state index in [0.717, 1.165) is 32.2 Å². The monoisotopic (exact) mass is 256 g/mol. The maximum atomic E-state index is 12.2. The number of aliphatic hydroxyl groups is 1. The Morgan fingerprint density at radius 2 is 2.22 bits per heavy atom. The topological polar surface area (TPSA) is 70.6 Å². The normalized spacial score (nSPS) is 29.9. The molecule has 0 aromatic rings. The van der Waals surface area contributed by atoms with Crippen LogP contribution in [0.4, 0.5) is 0 Å². The van der Waals surface area contributed by atoms with Crippen molar-refractivity contribution >= 4 is 5.91 Å². The van der Waals surface area contributed by atoms with Gasteiger partial charge in [0.1, 0.15) is 0 Å². The summed E-state index contributed by atoms with van der Waals surface area (Å²) in [7, 11) is 0. The summed E-state index contributed by atoms with van der Waals surface area (Å²) in [6.07, 6.45) is 3.90. The lowest BCUT2D eigenvalue weighted by atomic mass is 9.77. The van der Waals surface area contributed by atoms with Crippen LogP contribution in [0.5, 0.6) is 0 Å². The van der Waals surface area contributed by atoms with Gasteiger partial charge < -0.3 is 20.5 Å². The number of carbonyl (C=O) groups excluding carboxylic acids is 1. The molecule has 1 saturated carbocycles. The summed E-state index contributed by atoms with van der Waals surface area (Å²) < 4.78 is 5.40. The molecule has 0 bridgehead atoms. The molecule has 2 atom stereocenters. The first-order chi connectivity index (χ1) is 8.71. The van der Waals surface area contributed by atoms with Crippen molar-refractivity contribution in [1.29, 1.82) is 0 Å². The molecule has 1 heterocycles. The zero-order chi connectivity index (χ0) is 13.0. The van der Waals surface area contributed by atoms with E-state index in [0.29, 0.717) is 13.2 Å². The number of aliphatic hydroxyl groups excluding tert-OH is 1. The van der Waals surface area contributed by atoms with Gasteiger partial charge in [0, 0.05) is 6.04 Å². The Balaban J connectivity index is 1.87. The Morgan fingerprint density at radius 1 is 1.44 bits per heavy atom. The second-order valence-electron chi connectivity index (χ2n) is 5.49. The first kappa shape index (κ1) is 13.8. The molecule has 2 aliphatic rings. The van der Waals surface area contributed by atoms with Gasteiger partial charge in [0.15, 0.2) is 0 Å². The number of hydrogen-bond acceptors (Lipinski definition) is 4. The van der Waals surface area contributed by atoms with Gasteiger partial charge >= 0.3 is 0 Å². The van der Waals surface area contributed by atoms with Crippen LogP contribution < -0.4 is 10.6 Å². The predicted octanol–water partition coefficient (Wildman–Crippen LogP) is 0.0322. The van der Waals surface area contributed by atoms with Crippen molar-refractivity contribution in [3.63, 3.8) is 0 Å². The Labute approximate surface area is 108 Å². The van der Waals surface area contributed by atoms with Crippen LogP contribution in [0.15, 0.2) is 0 Å². The molecule has 0 aromatic carbocycles. The highest BCUT2D eigenvalue weighted by molar-refractivity contribution is 5.80. The predicted molar refractivity (Wildman–Crippen MR) is 68.2 cm³/mol. The average molecular weight is 256 g/mol. The maximum Gasteiger partial charge on any atom is 0.227 e. The van der Waals surface area contributed by atoms with E-state index < -0.39 is 0 Å². The van der Waals surface area contributed by atoms with Crippen molar-refractivity contribution in [3.05, 3.63) is 0 Å². The number of ether oxygens (including phenoxy) is 1. The van der Waals surface area contributed by atoms with E-state index in [1.165, 1.54) is 0 Å². The Bertz CT molecular complexity index is 286. The van der Waals surface area contributed by atoms with Gasteiger partial charge in [0.05, 0.1) is 31.3 Å². The summed E-state index contributed by atoms with van der Waals surface area (Å²) in [5.41, 5.74) is -0.352. The van der Waals surface area contributed by atoms with Crippen LogP contribution >= 0.6 is 0 Å². The van der Waals surface area contributed by atoms with Gasteiger partial charge in [-0.2, -0.15) is 0 Å². The minimum absolute atomic E-state index is 0.0230. The summed E-state index contributed by atoms with van der Waals surface area (Å²) in [5, 5.41) is 15.7. The Hall–Kier alpha value is -0.650. The summed E-state index contributed by atoms with van der Waals surface area (Å²) in [6.45, 7) is 4.13. The van der Waals surface area contributed by atoms with E-state index >= 15 is 0 Å². The summed E-state index contributed by atoms with van der Waals surface area (Å²) in [4.78, 5) is 12.2. The average Bonchev–Trinajstić information content (AvgIpc) is 2.79. The third-order valence-corrected chi connectivity index (χ3v) is 4.08. The fourth-order valence-corrected chi connectivity index (χ4v) is 2.62.